The van der Waals surface area contributed by atoms with Gasteiger partial charge in [0.1, 0.15) is 5.82 Å². The van der Waals surface area contributed by atoms with Crippen molar-refractivity contribution in [1.29, 1.82) is 0 Å². The van der Waals surface area contributed by atoms with Crippen LogP contribution in [0.1, 0.15) is 49.6 Å². The summed E-state index contributed by atoms with van der Waals surface area (Å²) in [7, 11) is 0. The number of aromatic nitrogens is 4. The highest BCUT2D eigenvalue weighted by Gasteiger charge is 2.26. The van der Waals surface area contributed by atoms with Crippen LogP contribution in [-0.2, 0) is 12.3 Å². The van der Waals surface area contributed by atoms with Crippen molar-refractivity contribution in [3.63, 3.8) is 0 Å². The predicted octanol–water partition coefficient (Wildman–Crippen LogP) is 5.16. The molecule has 0 N–H and O–H groups in total. The Morgan fingerprint density at radius 3 is 2.55 bits per heavy atom. The van der Waals surface area contributed by atoms with Crippen molar-refractivity contribution in [3.8, 4) is 0 Å². The first-order chi connectivity index (χ1) is 15.2. The quantitative estimate of drug-likeness (QED) is 0.363. The number of hydrogen-bond acceptors (Lipinski definition) is 5. The maximum Gasteiger partial charge on any atom is 0.191 e. The van der Waals surface area contributed by atoms with Gasteiger partial charge in [0.15, 0.2) is 5.16 Å². The number of allylic oxidation sites excluding steroid dienone is 1. The summed E-state index contributed by atoms with van der Waals surface area (Å²) in [5.74, 6) is 2.45. The molecule has 0 saturated carbocycles. The minimum absolute atomic E-state index is 0.464. The molecule has 5 nitrogen and oxygen atoms in total. The molecule has 2 aromatic heterocycles. The van der Waals surface area contributed by atoms with Gasteiger partial charge in [0, 0.05) is 30.6 Å². The second-order valence-corrected chi connectivity index (χ2v) is 9.19. The van der Waals surface area contributed by atoms with E-state index < -0.39 is 0 Å². The van der Waals surface area contributed by atoms with E-state index in [0.29, 0.717) is 5.92 Å². The van der Waals surface area contributed by atoms with E-state index in [1.54, 1.807) is 11.8 Å². The van der Waals surface area contributed by atoms with Crippen molar-refractivity contribution < 1.29 is 0 Å². The second-order valence-electron chi connectivity index (χ2n) is 8.25. The van der Waals surface area contributed by atoms with Crippen molar-refractivity contribution in [3.05, 3.63) is 83.5 Å². The van der Waals surface area contributed by atoms with Crippen LogP contribution in [0.4, 0.5) is 0 Å². The first-order valence-corrected chi connectivity index (χ1v) is 12.0. The Labute approximate surface area is 189 Å². The van der Waals surface area contributed by atoms with Gasteiger partial charge in [-0.2, -0.15) is 0 Å². The van der Waals surface area contributed by atoms with Gasteiger partial charge < -0.3 is 4.57 Å². The Hall–Kier alpha value is -2.44. The number of hydrogen-bond donors (Lipinski definition) is 0. The Balaban J connectivity index is 1.51. The normalized spacial score (nSPS) is 16.0. The number of rotatable bonds is 8. The zero-order chi connectivity index (χ0) is 21.5. The standard InChI is InChI=1S/C25H31N5S/c1-3-20(2)17-29-14-11-23(12-15-29)24-27-28-25(31-19-22-10-7-13-26-16-22)30(24)18-21-8-5-4-6-9-21/h3-10,13,16,23H,11-12,14-15,17-19H2,1-2H3. The van der Waals surface area contributed by atoms with E-state index in [4.69, 9.17) is 5.10 Å². The minimum atomic E-state index is 0.464. The Kier molecular flexibility index (Phi) is 7.54. The van der Waals surface area contributed by atoms with Gasteiger partial charge in [0.25, 0.3) is 0 Å². The summed E-state index contributed by atoms with van der Waals surface area (Å²) in [4.78, 5) is 6.79. The molecule has 162 valence electrons. The lowest BCUT2D eigenvalue weighted by atomic mass is 9.95. The summed E-state index contributed by atoms with van der Waals surface area (Å²) in [6.07, 6.45) is 8.23. The lowest BCUT2D eigenvalue weighted by Gasteiger charge is -2.31. The lowest BCUT2D eigenvalue weighted by molar-refractivity contribution is 0.222. The van der Waals surface area contributed by atoms with E-state index in [2.05, 4.69) is 75.9 Å². The molecule has 0 atom stereocenters. The van der Waals surface area contributed by atoms with Crippen molar-refractivity contribution in [2.45, 2.75) is 50.1 Å². The van der Waals surface area contributed by atoms with Gasteiger partial charge >= 0.3 is 0 Å². The highest BCUT2D eigenvalue weighted by atomic mass is 32.2. The molecule has 4 rings (SSSR count). The molecule has 0 unspecified atom stereocenters. The topological polar surface area (TPSA) is 46.8 Å². The molecule has 3 aromatic rings. The van der Waals surface area contributed by atoms with Gasteiger partial charge in [0.05, 0.1) is 6.54 Å². The maximum atomic E-state index is 4.70. The van der Waals surface area contributed by atoms with Crippen LogP contribution in [0.25, 0.3) is 0 Å². The van der Waals surface area contributed by atoms with E-state index in [0.717, 1.165) is 55.8 Å². The molecule has 6 heteroatoms. The lowest BCUT2D eigenvalue weighted by Crippen LogP contribution is -2.34. The minimum Gasteiger partial charge on any atom is -0.301 e. The molecule has 1 saturated heterocycles. The molecular weight excluding hydrogens is 402 g/mol. The van der Waals surface area contributed by atoms with Crippen molar-refractivity contribution >= 4 is 11.8 Å². The summed E-state index contributed by atoms with van der Waals surface area (Å²) in [5.41, 5.74) is 3.93. The summed E-state index contributed by atoms with van der Waals surface area (Å²) in [6, 6.07) is 14.7. The van der Waals surface area contributed by atoms with Crippen LogP contribution in [0.2, 0.25) is 0 Å². The molecular formula is C25H31N5S. The van der Waals surface area contributed by atoms with Crippen molar-refractivity contribution in [1.82, 2.24) is 24.6 Å². The SMILES string of the molecule is CC=C(C)CN1CCC(c2nnc(SCc3cccnc3)n2Cc2ccccc2)CC1. The highest BCUT2D eigenvalue weighted by Crippen LogP contribution is 2.31. The third-order valence-electron chi connectivity index (χ3n) is 5.94. The van der Waals surface area contributed by atoms with Crippen molar-refractivity contribution in [2.75, 3.05) is 19.6 Å². The second kappa shape index (κ2) is 10.7. The van der Waals surface area contributed by atoms with E-state index in [1.165, 1.54) is 16.7 Å². The van der Waals surface area contributed by atoms with Crippen LogP contribution < -0.4 is 0 Å². The summed E-state index contributed by atoms with van der Waals surface area (Å²) < 4.78 is 2.34. The van der Waals surface area contributed by atoms with Crippen LogP contribution in [0.15, 0.2) is 71.7 Å². The summed E-state index contributed by atoms with van der Waals surface area (Å²) in [5, 5.41) is 10.3. The number of thioether (sulfide) groups is 1. The van der Waals surface area contributed by atoms with Crippen LogP contribution in [0, 0.1) is 0 Å². The average Bonchev–Trinajstić information content (AvgIpc) is 3.21. The summed E-state index contributed by atoms with van der Waals surface area (Å²) >= 11 is 1.75. The molecule has 0 aliphatic carbocycles. The molecule has 0 amide bonds. The summed E-state index contributed by atoms with van der Waals surface area (Å²) in [6.45, 7) is 8.47. The largest absolute Gasteiger partial charge is 0.301 e. The number of piperidine rings is 1. The fourth-order valence-electron chi connectivity index (χ4n) is 4.05. The zero-order valence-electron chi connectivity index (χ0n) is 18.4. The fraction of sp³-hybridized carbons (Fsp3) is 0.400. The molecule has 31 heavy (non-hydrogen) atoms. The van der Waals surface area contributed by atoms with Crippen LogP contribution in [0.5, 0.6) is 0 Å². The number of benzene rings is 1. The van der Waals surface area contributed by atoms with E-state index in [-0.39, 0.29) is 0 Å². The number of likely N-dealkylation sites (tertiary alicyclic amines) is 1. The number of nitrogens with zero attached hydrogens (tertiary/aromatic N) is 5. The van der Waals surface area contributed by atoms with E-state index in [1.807, 2.05) is 18.5 Å². The molecule has 1 fully saturated rings. The molecule has 0 spiro atoms. The van der Waals surface area contributed by atoms with Crippen LogP contribution in [-0.4, -0.2) is 44.3 Å². The van der Waals surface area contributed by atoms with Gasteiger partial charge in [-0.15, -0.1) is 10.2 Å². The highest BCUT2D eigenvalue weighted by molar-refractivity contribution is 7.98. The molecule has 3 heterocycles. The number of pyridine rings is 1. The van der Waals surface area contributed by atoms with Crippen LogP contribution >= 0.6 is 11.8 Å². The van der Waals surface area contributed by atoms with Gasteiger partial charge in [0.2, 0.25) is 0 Å². The zero-order valence-corrected chi connectivity index (χ0v) is 19.3. The maximum absolute atomic E-state index is 4.70. The third-order valence-corrected chi connectivity index (χ3v) is 6.98. The Bertz CT molecular complexity index is 976. The molecule has 1 aliphatic rings. The molecule has 1 aromatic carbocycles. The average molecular weight is 434 g/mol. The van der Waals surface area contributed by atoms with Gasteiger partial charge in [-0.1, -0.05) is 59.8 Å². The van der Waals surface area contributed by atoms with E-state index in [9.17, 15) is 0 Å². The van der Waals surface area contributed by atoms with Gasteiger partial charge in [-0.25, -0.2) is 0 Å². The van der Waals surface area contributed by atoms with Crippen molar-refractivity contribution in [2.24, 2.45) is 0 Å². The van der Waals surface area contributed by atoms with Gasteiger partial charge in [-0.05, 0) is 57.0 Å². The van der Waals surface area contributed by atoms with E-state index >= 15 is 0 Å². The molecule has 0 bridgehead atoms. The Morgan fingerprint density at radius 2 is 1.84 bits per heavy atom. The third kappa shape index (κ3) is 5.83. The monoisotopic (exact) mass is 433 g/mol. The molecule has 0 radical (unpaired) electrons. The predicted molar refractivity (Wildman–Crippen MR) is 127 cm³/mol. The van der Waals surface area contributed by atoms with Gasteiger partial charge in [-0.3, -0.25) is 9.88 Å². The molecule has 1 aliphatic heterocycles. The smallest absolute Gasteiger partial charge is 0.191 e. The Morgan fingerprint density at radius 1 is 1.06 bits per heavy atom. The first-order valence-electron chi connectivity index (χ1n) is 11.1. The van der Waals surface area contributed by atoms with Crippen LogP contribution in [0.3, 0.4) is 0 Å². The fourth-order valence-corrected chi connectivity index (χ4v) is 4.93. The first kappa shape index (κ1) is 21.8.